The zero-order chi connectivity index (χ0) is 14.5. The molecular formula is C17H26ClNO. The number of hydrogen-bond acceptors (Lipinski definition) is 2. The average Bonchev–Trinajstić information content (AvgIpc) is 2.45. The lowest BCUT2D eigenvalue weighted by Gasteiger charge is -2.33. The summed E-state index contributed by atoms with van der Waals surface area (Å²) in [6, 6.07) is 5.92. The summed E-state index contributed by atoms with van der Waals surface area (Å²) in [7, 11) is 0. The Morgan fingerprint density at radius 2 is 2.00 bits per heavy atom. The summed E-state index contributed by atoms with van der Waals surface area (Å²) in [5.41, 5.74) is 7.28. The molecule has 1 saturated carbocycles. The predicted octanol–water partition coefficient (Wildman–Crippen LogP) is 4.61. The van der Waals surface area contributed by atoms with E-state index in [0.717, 1.165) is 16.7 Å². The van der Waals surface area contributed by atoms with Crippen LogP contribution >= 0.6 is 11.6 Å². The normalized spacial score (nSPS) is 24.4. The lowest BCUT2D eigenvalue weighted by atomic mass is 9.74. The van der Waals surface area contributed by atoms with Gasteiger partial charge >= 0.3 is 0 Å². The van der Waals surface area contributed by atoms with Crippen molar-refractivity contribution in [1.82, 2.24) is 0 Å². The van der Waals surface area contributed by atoms with Crippen molar-refractivity contribution >= 4 is 11.6 Å². The maximum Gasteiger partial charge on any atom is 0.122 e. The van der Waals surface area contributed by atoms with Crippen LogP contribution in [0.5, 0.6) is 5.75 Å². The fraction of sp³-hybridized carbons (Fsp3) is 0.647. The third-order valence-corrected chi connectivity index (χ3v) is 4.79. The average molecular weight is 296 g/mol. The number of benzene rings is 1. The third-order valence-electron chi connectivity index (χ3n) is 4.55. The van der Waals surface area contributed by atoms with Crippen LogP contribution in [0.2, 0.25) is 5.02 Å². The molecule has 2 rings (SSSR count). The van der Waals surface area contributed by atoms with E-state index in [2.05, 4.69) is 6.92 Å². The molecule has 1 aromatic carbocycles. The van der Waals surface area contributed by atoms with E-state index in [1.54, 1.807) is 0 Å². The molecule has 1 aliphatic carbocycles. The topological polar surface area (TPSA) is 35.2 Å². The fourth-order valence-electron chi connectivity index (χ4n) is 3.36. The summed E-state index contributed by atoms with van der Waals surface area (Å²) in [4.78, 5) is 0. The van der Waals surface area contributed by atoms with Gasteiger partial charge in [-0.3, -0.25) is 0 Å². The van der Waals surface area contributed by atoms with Crippen molar-refractivity contribution in [1.29, 1.82) is 0 Å². The number of nitrogens with two attached hydrogens (primary N) is 1. The molecule has 1 fully saturated rings. The molecule has 0 aromatic heterocycles. The molecule has 20 heavy (non-hydrogen) atoms. The summed E-state index contributed by atoms with van der Waals surface area (Å²) in [5.74, 6) is 2.83. The number of hydrogen-bond donors (Lipinski definition) is 1. The largest absolute Gasteiger partial charge is 0.494 e. The Kier molecular flexibility index (Phi) is 5.74. The van der Waals surface area contributed by atoms with Crippen molar-refractivity contribution in [3.8, 4) is 5.75 Å². The first-order valence-electron chi connectivity index (χ1n) is 7.78. The van der Waals surface area contributed by atoms with Crippen LogP contribution in [0.4, 0.5) is 0 Å². The van der Waals surface area contributed by atoms with Gasteiger partial charge in [0.2, 0.25) is 0 Å². The first-order valence-corrected chi connectivity index (χ1v) is 8.15. The molecule has 2 nitrogen and oxygen atoms in total. The van der Waals surface area contributed by atoms with Gasteiger partial charge in [-0.15, -0.1) is 0 Å². The lowest BCUT2D eigenvalue weighted by Crippen LogP contribution is -2.25. The van der Waals surface area contributed by atoms with Crippen molar-refractivity contribution in [3.63, 3.8) is 0 Å². The van der Waals surface area contributed by atoms with Gasteiger partial charge in [-0.05, 0) is 56.3 Å². The van der Waals surface area contributed by atoms with Crippen LogP contribution in [0.3, 0.4) is 0 Å². The van der Waals surface area contributed by atoms with E-state index in [9.17, 15) is 0 Å². The zero-order valence-electron chi connectivity index (χ0n) is 12.6. The van der Waals surface area contributed by atoms with Gasteiger partial charge in [0.15, 0.2) is 0 Å². The minimum atomic E-state index is 0.364. The molecule has 0 aliphatic heterocycles. The Labute approximate surface area is 127 Å². The van der Waals surface area contributed by atoms with E-state index in [0.29, 0.717) is 25.0 Å². The van der Waals surface area contributed by atoms with Crippen LogP contribution in [0, 0.1) is 11.8 Å². The first kappa shape index (κ1) is 15.7. The van der Waals surface area contributed by atoms with Crippen molar-refractivity contribution in [3.05, 3.63) is 28.8 Å². The summed E-state index contributed by atoms with van der Waals surface area (Å²) in [6.07, 6.45) is 5.15. The second-order valence-electron chi connectivity index (χ2n) is 5.98. The van der Waals surface area contributed by atoms with E-state index < -0.39 is 0 Å². The van der Waals surface area contributed by atoms with Crippen LogP contribution in [-0.2, 0) is 0 Å². The van der Waals surface area contributed by atoms with Gasteiger partial charge in [-0.1, -0.05) is 31.4 Å². The summed E-state index contributed by atoms with van der Waals surface area (Å²) in [6.45, 7) is 5.70. The van der Waals surface area contributed by atoms with Crippen molar-refractivity contribution in [2.75, 3.05) is 13.2 Å². The monoisotopic (exact) mass is 295 g/mol. The molecule has 1 unspecified atom stereocenters. The molecule has 112 valence electrons. The lowest BCUT2D eigenvalue weighted by molar-refractivity contribution is 0.250. The molecule has 3 heteroatoms. The molecule has 0 saturated heterocycles. The first-order chi connectivity index (χ1) is 9.65. The second kappa shape index (κ2) is 7.33. The zero-order valence-corrected chi connectivity index (χ0v) is 13.3. The Balaban J connectivity index is 2.23. The van der Waals surface area contributed by atoms with Gasteiger partial charge in [-0.2, -0.15) is 0 Å². The van der Waals surface area contributed by atoms with Crippen LogP contribution < -0.4 is 10.5 Å². The summed E-state index contributed by atoms with van der Waals surface area (Å²) >= 11 is 6.18. The predicted molar refractivity (Wildman–Crippen MR) is 85.5 cm³/mol. The van der Waals surface area contributed by atoms with E-state index in [-0.39, 0.29) is 0 Å². The molecule has 0 heterocycles. The second-order valence-corrected chi connectivity index (χ2v) is 6.41. The number of rotatable bonds is 5. The van der Waals surface area contributed by atoms with Crippen LogP contribution in [0.1, 0.15) is 51.0 Å². The molecule has 0 bridgehead atoms. The molecule has 1 atom stereocenters. The van der Waals surface area contributed by atoms with E-state index in [1.807, 2.05) is 25.1 Å². The molecule has 2 N–H and O–H groups in total. The van der Waals surface area contributed by atoms with Gasteiger partial charge in [0.05, 0.1) is 6.61 Å². The van der Waals surface area contributed by atoms with Gasteiger partial charge in [0.25, 0.3) is 0 Å². The molecule has 0 radical (unpaired) electrons. The summed E-state index contributed by atoms with van der Waals surface area (Å²) in [5, 5.41) is 0.770. The van der Waals surface area contributed by atoms with Gasteiger partial charge in [0.1, 0.15) is 5.75 Å². The smallest absolute Gasteiger partial charge is 0.122 e. The van der Waals surface area contributed by atoms with Crippen molar-refractivity contribution in [2.45, 2.75) is 45.4 Å². The fourth-order valence-corrected chi connectivity index (χ4v) is 3.54. The molecule has 1 aromatic rings. The Morgan fingerprint density at radius 3 is 2.60 bits per heavy atom. The van der Waals surface area contributed by atoms with E-state index in [1.165, 1.54) is 31.2 Å². The van der Waals surface area contributed by atoms with Crippen LogP contribution in [0.15, 0.2) is 18.2 Å². The maximum atomic E-state index is 6.18. The third kappa shape index (κ3) is 3.67. The maximum absolute atomic E-state index is 6.18. The molecule has 0 amide bonds. The minimum Gasteiger partial charge on any atom is -0.494 e. The van der Waals surface area contributed by atoms with Gasteiger partial charge in [-0.25, -0.2) is 0 Å². The Hall–Kier alpha value is -0.730. The highest BCUT2D eigenvalue weighted by Gasteiger charge is 2.28. The summed E-state index contributed by atoms with van der Waals surface area (Å²) < 4.78 is 5.77. The van der Waals surface area contributed by atoms with Crippen molar-refractivity contribution in [2.24, 2.45) is 17.6 Å². The number of halogens is 1. The SMILES string of the molecule is CCOc1ccc(Cl)cc1C(CN)C1CCC(C)CC1. The van der Waals surface area contributed by atoms with Gasteiger partial charge in [0, 0.05) is 16.5 Å². The number of ether oxygens (including phenoxy) is 1. The highest BCUT2D eigenvalue weighted by Crippen LogP contribution is 2.41. The van der Waals surface area contributed by atoms with Crippen LogP contribution in [0.25, 0.3) is 0 Å². The minimum absolute atomic E-state index is 0.364. The van der Waals surface area contributed by atoms with Crippen LogP contribution in [-0.4, -0.2) is 13.2 Å². The highest BCUT2D eigenvalue weighted by atomic mass is 35.5. The van der Waals surface area contributed by atoms with Crippen molar-refractivity contribution < 1.29 is 4.74 Å². The van der Waals surface area contributed by atoms with Gasteiger partial charge < -0.3 is 10.5 Å². The van der Waals surface area contributed by atoms with E-state index in [4.69, 9.17) is 22.1 Å². The highest BCUT2D eigenvalue weighted by molar-refractivity contribution is 6.30. The molecule has 0 spiro atoms. The standard InChI is InChI=1S/C17H26ClNO/c1-3-20-17-9-8-14(18)10-15(17)16(11-19)13-6-4-12(2)5-7-13/h8-10,12-13,16H,3-7,11,19H2,1-2H3. The Bertz CT molecular complexity index is 427. The van der Waals surface area contributed by atoms with E-state index >= 15 is 0 Å². The molecular weight excluding hydrogens is 270 g/mol. The Morgan fingerprint density at radius 1 is 1.30 bits per heavy atom. The molecule has 1 aliphatic rings. The quantitative estimate of drug-likeness (QED) is 0.861.